The van der Waals surface area contributed by atoms with Crippen molar-refractivity contribution in [3.8, 4) is 10.6 Å². The van der Waals surface area contributed by atoms with Crippen LogP contribution in [0.3, 0.4) is 0 Å². The van der Waals surface area contributed by atoms with Gasteiger partial charge in [0.1, 0.15) is 11.5 Å². The lowest BCUT2D eigenvalue weighted by Crippen LogP contribution is -1.82. The van der Waals surface area contributed by atoms with Crippen LogP contribution in [0.25, 0.3) is 10.6 Å². The van der Waals surface area contributed by atoms with E-state index in [1.54, 1.807) is 11.3 Å². The van der Waals surface area contributed by atoms with E-state index in [0.717, 1.165) is 20.8 Å². The van der Waals surface area contributed by atoms with Crippen molar-refractivity contribution >= 4 is 33.3 Å². The topological polar surface area (TPSA) is 52.0 Å². The van der Waals surface area contributed by atoms with Crippen LogP contribution in [-0.2, 0) is 0 Å². The summed E-state index contributed by atoms with van der Waals surface area (Å²) >= 11 is 4.99. The zero-order chi connectivity index (χ0) is 9.42. The highest BCUT2D eigenvalue weighted by molar-refractivity contribution is 9.10. The van der Waals surface area contributed by atoms with Crippen LogP contribution in [0.2, 0.25) is 0 Å². The first kappa shape index (κ1) is 8.77. The van der Waals surface area contributed by atoms with Crippen LogP contribution in [-0.4, -0.2) is 4.98 Å². The van der Waals surface area contributed by atoms with Gasteiger partial charge in [0.2, 0.25) is 0 Å². The molecule has 0 aromatic carbocycles. The van der Waals surface area contributed by atoms with Gasteiger partial charge in [-0.25, -0.2) is 0 Å². The summed E-state index contributed by atoms with van der Waals surface area (Å²) in [6.07, 6.45) is 0. The Morgan fingerprint density at radius 2 is 2.38 bits per heavy atom. The summed E-state index contributed by atoms with van der Waals surface area (Å²) < 4.78 is 6.19. The number of halogens is 1. The van der Waals surface area contributed by atoms with Crippen molar-refractivity contribution in [2.45, 2.75) is 6.92 Å². The molecule has 2 aromatic heterocycles. The van der Waals surface area contributed by atoms with Gasteiger partial charge in [-0.05, 0) is 28.9 Å². The summed E-state index contributed by atoms with van der Waals surface area (Å²) in [5, 5.41) is 2.00. The molecule has 2 aromatic rings. The highest BCUT2D eigenvalue weighted by Gasteiger charge is 2.11. The number of aryl methyl sites for hydroxylation is 1. The van der Waals surface area contributed by atoms with E-state index in [1.807, 2.05) is 18.4 Å². The van der Waals surface area contributed by atoms with Crippen LogP contribution in [0.5, 0.6) is 0 Å². The van der Waals surface area contributed by atoms with Crippen molar-refractivity contribution in [1.29, 1.82) is 0 Å². The predicted octanol–water partition coefficient (Wildman–Crippen LogP) is 3.06. The Morgan fingerprint density at radius 1 is 1.62 bits per heavy atom. The Morgan fingerprint density at radius 3 is 2.85 bits per heavy atom. The number of oxazole rings is 1. The van der Waals surface area contributed by atoms with Crippen LogP contribution >= 0.6 is 27.3 Å². The van der Waals surface area contributed by atoms with Crippen LogP contribution < -0.4 is 5.73 Å². The number of nitrogen functional groups attached to an aromatic ring is 1. The van der Waals surface area contributed by atoms with Crippen molar-refractivity contribution in [2.24, 2.45) is 0 Å². The second-order valence-electron chi connectivity index (χ2n) is 2.59. The number of rotatable bonds is 1. The number of anilines is 1. The lowest BCUT2D eigenvalue weighted by molar-refractivity contribution is 0.549. The minimum Gasteiger partial charge on any atom is -0.429 e. The maximum Gasteiger partial charge on any atom is 0.292 e. The first-order valence-electron chi connectivity index (χ1n) is 3.64. The van der Waals surface area contributed by atoms with E-state index in [4.69, 9.17) is 10.2 Å². The van der Waals surface area contributed by atoms with E-state index in [-0.39, 0.29) is 6.01 Å². The molecule has 2 N–H and O–H groups in total. The number of thiophene rings is 1. The summed E-state index contributed by atoms with van der Waals surface area (Å²) in [5.41, 5.74) is 6.27. The van der Waals surface area contributed by atoms with Crippen molar-refractivity contribution in [1.82, 2.24) is 4.98 Å². The molecule has 13 heavy (non-hydrogen) atoms. The molecule has 68 valence electrons. The van der Waals surface area contributed by atoms with Gasteiger partial charge in [-0.3, -0.25) is 0 Å². The highest BCUT2D eigenvalue weighted by Crippen LogP contribution is 2.31. The lowest BCUT2D eigenvalue weighted by atomic mass is 10.3. The predicted molar refractivity (Wildman–Crippen MR) is 56.7 cm³/mol. The van der Waals surface area contributed by atoms with Gasteiger partial charge >= 0.3 is 0 Å². The summed E-state index contributed by atoms with van der Waals surface area (Å²) in [7, 11) is 0. The fourth-order valence-electron chi connectivity index (χ4n) is 1.08. The largest absolute Gasteiger partial charge is 0.429 e. The van der Waals surface area contributed by atoms with Crippen molar-refractivity contribution in [2.75, 3.05) is 5.73 Å². The van der Waals surface area contributed by atoms with Gasteiger partial charge in [0.25, 0.3) is 6.01 Å². The molecule has 5 heteroatoms. The SMILES string of the molecule is Cc1oc(N)nc1-c1cc(Br)cs1. The molecule has 0 aliphatic carbocycles. The molecule has 0 unspecified atom stereocenters. The van der Waals surface area contributed by atoms with Crippen LogP contribution in [0.4, 0.5) is 6.01 Å². The maximum atomic E-state index is 5.44. The molecular formula is C8H7BrN2OS. The van der Waals surface area contributed by atoms with Crippen LogP contribution in [0.15, 0.2) is 20.3 Å². The van der Waals surface area contributed by atoms with Crippen molar-refractivity contribution < 1.29 is 4.42 Å². The zero-order valence-electron chi connectivity index (χ0n) is 6.87. The van der Waals surface area contributed by atoms with E-state index < -0.39 is 0 Å². The fraction of sp³-hybridized carbons (Fsp3) is 0.125. The number of aromatic nitrogens is 1. The molecule has 0 spiro atoms. The summed E-state index contributed by atoms with van der Waals surface area (Å²) in [6, 6.07) is 2.21. The number of nitrogens with zero attached hydrogens (tertiary/aromatic N) is 1. The molecule has 2 heterocycles. The highest BCUT2D eigenvalue weighted by atomic mass is 79.9. The van der Waals surface area contributed by atoms with Crippen molar-refractivity contribution in [3.63, 3.8) is 0 Å². The van der Waals surface area contributed by atoms with E-state index in [0.29, 0.717) is 0 Å². The molecule has 0 atom stereocenters. The van der Waals surface area contributed by atoms with E-state index >= 15 is 0 Å². The number of hydrogen-bond acceptors (Lipinski definition) is 4. The molecule has 0 aliphatic rings. The minimum absolute atomic E-state index is 0.219. The molecule has 0 aliphatic heterocycles. The van der Waals surface area contributed by atoms with Gasteiger partial charge in [0, 0.05) is 9.85 Å². The molecule has 3 nitrogen and oxygen atoms in total. The second kappa shape index (κ2) is 3.16. The quantitative estimate of drug-likeness (QED) is 0.856. The molecule has 0 bridgehead atoms. The monoisotopic (exact) mass is 258 g/mol. The third kappa shape index (κ3) is 1.62. The summed E-state index contributed by atoms with van der Waals surface area (Å²) in [4.78, 5) is 5.15. The Balaban J connectivity index is 2.51. The van der Waals surface area contributed by atoms with Gasteiger partial charge < -0.3 is 10.2 Å². The van der Waals surface area contributed by atoms with Gasteiger partial charge in [-0.2, -0.15) is 4.98 Å². The molecule has 0 saturated heterocycles. The first-order valence-corrected chi connectivity index (χ1v) is 5.31. The molecule has 0 fully saturated rings. The number of hydrogen-bond donors (Lipinski definition) is 1. The first-order chi connectivity index (χ1) is 6.16. The minimum atomic E-state index is 0.219. The van der Waals surface area contributed by atoms with E-state index in [1.165, 1.54) is 0 Å². The smallest absolute Gasteiger partial charge is 0.292 e. The van der Waals surface area contributed by atoms with Crippen molar-refractivity contribution in [3.05, 3.63) is 21.7 Å². The molecule has 0 saturated carbocycles. The Kier molecular flexibility index (Phi) is 2.13. The average Bonchev–Trinajstić information content (AvgIpc) is 2.58. The molecule has 0 radical (unpaired) electrons. The third-order valence-electron chi connectivity index (χ3n) is 1.61. The third-order valence-corrected chi connectivity index (χ3v) is 3.31. The van der Waals surface area contributed by atoms with E-state index in [9.17, 15) is 0 Å². The summed E-state index contributed by atoms with van der Waals surface area (Å²) in [5.74, 6) is 0.756. The normalized spacial score (nSPS) is 10.6. The lowest BCUT2D eigenvalue weighted by Gasteiger charge is -1.88. The molecule has 2 rings (SSSR count). The van der Waals surface area contributed by atoms with Gasteiger partial charge in [0.05, 0.1) is 4.88 Å². The number of nitrogens with two attached hydrogens (primary N) is 1. The van der Waals surface area contributed by atoms with Gasteiger partial charge in [-0.1, -0.05) is 0 Å². The Hall–Kier alpha value is -0.810. The zero-order valence-corrected chi connectivity index (χ0v) is 9.28. The molecular weight excluding hydrogens is 252 g/mol. The van der Waals surface area contributed by atoms with Crippen LogP contribution in [0, 0.1) is 6.92 Å². The van der Waals surface area contributed by atoms with Gasteiger partial charge in [0.15, 0.2) is 0 Å². The Bertz CT molecular complexity index is 435. The standard InChI is InChI=1S/C8H7BrN2OS/c1-4-7(11-8(10)12-4)6-2-5(9)3-13-6/h2-3H,1H3,(H2,10,11). The summed E-state index contributed by atoms with van der Waals surface area (Å²) in [6.45, 7) is 1.85. The maximum absolute atomic E-state index is 5.44. The van der Waals surface area contributed by atoms with Gasteiger partial charge in [-0.15, -0.1) is 11.3 Å². The second-order valence-corrected chi connectivity index (χ2v) is 4.41. The Labute approximate surface area is 87.7 Å². The molecule has 0 amide bonds. The van der Waals surface area contributed by atoms with E-state index in [2.05, 4.69) is 20.9 Å². The van der Waals surface area contributed by atoms with Crippen LogP contribution in [0.1, 0.15) is 5.76 Å². The fourth-order valence-corrected chi connectivity index (χ4v) is 2.55. The average molecular weight is 259 g/mol.